The third-order valence-corrected chi connectivity index (χ3v) is 3.85. The highest BCUT2D eigenvalue weighted by Gasteiger charge is 2.06. The summed E-state index contributed by atoms with van der Waals surface area (Å²) in [4.78, 5) is 0. The van der Waals surface area contributed by atoms with E-state index in [4.69, 9.17) is 9.47 Å². The van der Waals surface area contributed by atoms with Crippen molar-refractivity contribution >= 4 is 38.5 Å². The second-order valence-corrected chi connectivity index (χ2v) is 5.75. The summed E-state index contributed by atoms with van der Waals surface area (Å²) >= 11 is 5.72. The van der Waals surface area contributed by atoms with E-state index in [0.717, 1.165) is 25.1 Å². The first kappa shape index (κ1) is 13.7. The molecule has 0 aliphatic heterocycles. The predicted octanol–water partition coefficient (Wildman–Crippen LogP) is 4.64. The predicted molar refractivity (Wildman–Crippen MR) is 84.2 cm³/mol. The van der Waals surface area contributed by atoms with E-state index in [1.54, 1.807) is 7.11 Å². The summed E-state index contributed by atoms with van der Waals surface area (Å²) in [6.45, 7) is 0.489. The largest absolute Gasteiger partial charge is 0.496 e. The molecule has 18 heavy (non-hydrogen) atoms. The molecule has 2 rings (SSSR count). The van der Waals surface area contributed by atoms with Gasteiger partial charge in [-0.25, -0.2) is 0 Å². The van der Waals surface area contributed by atoms with Gasteiger partial charge < -0.3 is 9.47 Å². The number of rotatable bonds is 4. The topological polar surface area (TPSA) is 18.5 Å². The quantitative estimate of drug-likeness (QED) is 0.673. The number of hydrogen-bond acceptors (Lipinski definition) is 2. The van der Waals surface area contributed by atoms with Crippen molar-refractivity contribution in [3.8, 4) is 11.5 Å². The second kappa shape index (κ2) is 6.43. The van der Waals surface area contributed by atoms with Crippen LogP contribution in [0, 0.1) is 3.57 Å². The van der Waals surface area contributed by atoms with E-state index in [0.29, 0.717) is 6.61 Å². The summed E-state index contributed by atoms with van der Waals surface area (Å²) in [5.74, 6) is 1.73. The highest BCUT2D eigenvalue weighted by atomic mass is 127. The minimum Gasteiger partial charge on any atom is -0.496 e. The lowest BCUT2D eigenvalue weighted by Crippen LogP contribution is -1.99. The van der Waals surface area contributed by atoms with Gasteiger partial charge in [-0.05, 0) is 52.9 Å². The first-order chi connectivity index (χ1) is 8.70. The minimum absolute atomic E-state index is 0.489. The monoisotopic (exact) mass is 418 g/mol. The zero-order chi connectivity index (χ0) is 13.0. The summed E-state index contributed by atoms with van der Waals surface area (Å²) in [5.41, 5.74) is 1.02. The van der Waals surface area contributed by atoms with E-state index >= 15 is 0 Å². The Morgan fingerprint density at radius 2 is 1.89 bits per heavy atom. The molecule has 0 aliphatic carbocycles. The first-order valence-corrected chi connectivity index (χ1v) is 7.27. The van der Waals surface area contributed by atoms with Gasteiger partial charge >= 0.3 is 0 Å². The molecule has 0 fully saturated rings. The van der Waals surface area contributed by atoms with Crippen molar-refractivity contribution in [2.24, 2.45) is 0 Å². The zero-order valence-electron chi connectivity index (χ0n) is 9.82. The summed E-state index contributed by atoms with van der Waals surface area (Å²) in [6.07, 6.45) is 0. The first-order valence-electron chi connectivity index (χ1n) is 5.40. The molecule has 0 unspecified atom stereocenters. The van der Waals surface area contributed by atoms with Gasteiger partial charge in [0.15, 0.2) is 0 Å². The molecule has 0 atom stereocenters. The van der Waals surface area contributed by atoms with Gasteiger partial charge in [-0.3, -0.25) is 0 Å². The van der Waals surface area contributed by atoms with E-state index in [9.17, 15) is 0 Å². The van der Waals surface area contributed by atoms with Gasteiger partial charge in [0.25, 0.3) is 0 Å². The van der Waals surface area contributed by atoms with Crippen LogP contribution in [0.2, 0.25) is 0 Å². The normalized spacial score (nSPS) is 10.2. The van der Waals surface area contributed by atoms with Crippen LogP contribution in [-0.4, -0.2) is 7.11 Å². The molecule has 4 heteroatoms. The number of halogens is 2. The molecular weight excluding hydrogens is 407 g/mol. The third kappa shape index (κ3) is 3.38. The van der Waals surface area contributed by atoms with E-state index in [1.807, 2.05) is 42.5 Å². The Kier molecular flexibility index (Phi) is 4.88. The van der Waals surface area contributed by atoms with Crippen LogP contribution in [0.3, 0.4) is 0 Å². The second-order valence-electron chi connectivity index (χ2n) is 3.68. The van der Waals surface area contributed by atoms with Crippen molar-refractivity contribution in [2.45, 2.75) is 6.61 Å². The molecule has 0 radical (unpaired) electrons. The molecule has 0 heterocycles. The molecule has 0 N–H and O–H groups in total. The molecule has 0 saturated heterocycles. The van der Waals surface area contributed by atoms with Crippen molar-refractivity contribution in [2.75, 3.05) is 7.11 Å². The van der Waals surface area contributed by atoms with E-state index in [1.165, 1.54) is 0 Å². The average molecular weight is 419 g/mol. The average Bonchev–Trinajstić information content (AvgIpc) is 2.38. The van der Waals surface area contributed by atoms with Crippen LogP contribution in [0.1, 0.15) is 5.56 Å². The Morgan fingerprint density at radius 1 is 1.11 bits per heavy atom. The Balaban J connectivity index is 2.15. The van der Waals surface area contributed by atoms with Crippen LogP contribution in [0.4, 0.5) is 0 Å². The van der Waals surface area contributed by atoms with Crippen molar-refractivity contribution < 1.29 is 9.47 Å². The molecule has 2 aromatic rings. The Hall–Kier alpha value is -0.750. The maximum absolute atomic E-state index is 5.81. The van der Waals surface area contributed by atoms with Crippen molar-refractivity contribution in [1.82, 2.24) is 0 Å². The molecule has 0 bridgehead atoms. The molecule has 0 saturated carbocycles. The van der Waals surface area contributed by atoms with E-state index < -0.39 is 0 Å². The highest BCUT2D eigenvalue weighted by molar-refractivity contribution is 14.1. The fourth-order valence-corrected chi connectivity index (χ4v) is 2.53. The fraction of sp³-hybridized carbons (Fsp3) is 0.143. The third-order valence-electron chi connectivity index (χ3n) is 2.46. The molecule has 94 valence electrons. The van der Waals surface area contributed by atoms with Crippen LogP contribution in [0.5, 0.6) is 11.5 Å². The highest BCUT2D eigenvalue weighted by Crippen LogP contribution is 2.26. The number of benzene rings is 2. The molecule has 0 spiro atoms. The van der Waals surface area contributed by atoms with Crippen molar-refractivity contribution in [3.63, 3.8) is 0 Å². The van der Waals surface area contributed by atoms with Crippen molar-refractivity contribution in [1.29, 1.82) is 0 Å². The number of hydrogen-bond donors (Lipinski definition) is 0. The Labute approximate surface area is 129 Å². The van der Waals surface area contributed by atoms with Gasteiger partial charge in [0, 0.05) is 10.0 Å². The van der Waals surface area contributed by atoms with Crippen LogP contribution in [0.25, 0.3) is 0 Å². The Bertz CT molecular complexity index is 543. The maximum atomic E-state index is 5.81. The van der Waals surface area contributed by atoms with E-state index in [-0.39, 0.29) is 0 Å². The number of ether oxygens (including phenoxy) is 2. The lowest BCUT2D eigenvalue weighted by atomic mass is 10.2. The van der Waals surface area contributed by atoms with Gasteiger partial charge in [0.2, 0.25) is 0 Å². The van der Waals surface area contributed by atoms with Gasteiger partial charge in [-0.15, -0.1) is 0 Å². The SMILES string of the molecule is COc1ccc(Br)cc1COc1ccccc1I. The van der Waals surface area contributed by atoms with Gasteiger partial charge in [-0.1, -0.05) is 28.1 Å². The van der Waals surface area contributed by atoms with Gasteiger partial charge in [0.1, 0.15) is 18.1 Å². The van der Waals surface area contributed by atoms with Crippen LogP contribution >= 0.6 is 38.5 Å². The minimum atomic E-state index is 0.489. The molecule has 0 aromatic heterocycles. The molecular formula is C14H12BrIO2. The van der Waals surface area contributed by atoms with Gasteiger partial charge in [-0.2, -0.15) is 0 Å². The molecule has 0 amide bonds. The fourth-order valence-electron chi connectivity index (χ4n) is 1.58. The summed E-state index contributed by atoms with van der Waals surface area (Å²) in [6, 6.07) is 13.8. The van der Waals surface area contributed by atoms with E-state index in [2.05, 4.69) is 38.5 Å². The number of methoxy groups -OCH3 is 1. The summed E-state index contributed by atoms with van der Waals surface area (Å²) in [7, 11) is 1.67. The molecule has 2 aromatic carbocycles. The van der Waals surface area contributed by atoms with Crippen LogP contribution < -0.4 is 9.47 Å². The van der Waals surface area contributed by atoms with Crippen molar-refractivity contribution in [3.05, 3.63) is 56.1 Å². The molecule has 0 aliphatic rings. The number of para-hydroxylation sites is 1. The maximum Gasteiger partial charge on any atom is 0.133 e. The smallest absolute Gasteiger partial charge is 0.133 e. The lowest BCUT2D eigenvalue weighted by Gasteiger charge is -2.11. The van der Waals surface area contributed by atoms with Crippen LogP contribution in [-0.2, 0) is 6.61 Å². The summed E-state index contributed by atoms with van der Waals surface area (Å²) in [5, 5.41) is 0. The lowest BCUT2D eigenvalue weighted by molar-refractivity contribution is 0.294. The van der Waals surface area contributed by atoms with Crippen LogP contribution in [0.15, 0.2) is 46.9 Å². The Morgan fingerprint density at radius 3 is 2.61 bits per heavy atom. The standard InChI is InChI=1S/C14H12BrIO2/c1-17-13-7-6-11(15)8-10(13)9-18-14-5-3-2-4-12(14)16/h2-8H,9H2,1H3. The summed E-state index contributed by atoms with van der Waals surface area (Å²) < 4.78 is 13.2. The van der Waals surface area contributed by atoms with Gasteiger partial charge in [0.05, 0.1) is 10.7 Å². The zero-order valence-corrected chi connectivity index (χ0v) is 13.6. The molecule has 2 nitrogen and oxygen atoms in total.